The fourth-order valence-electron chi connectivity index (χ4n) is 5.12. The van der Waals surface area contributed by atoms with Crippen LogP contribution in [-0.4, -0.2) is 28.6 Å². The van der Waals surface area contributed by atoms with Gasteiger partial charge in [0.15, 0.2) is 0 Å². The van der Waals surface area contributed by atoms with Crippen LogP contribution in [0.25, 0.3) is 0 Å². The molecular weight excluding hydrogens is 270 g/mol. The van der Waals surface area contributed by atoms with Gasteiger partial charge in [0, 0.05) is 12.0 Å². The van der Waals surface area contributed by atoms with Crippen molar-refractivity contribution in [1.82, 2.24) is 10.8 Å². The lowest BCUT2D eigenvalue weighted by atomic mass is 9.53. The van der Waals surface area contributed by atoms with E-state index in [0.717, 1.165) is 37.0 Å². The first-order valence-corrected chi connectivity index (χ1v) is 8.00. The molecule has 0 heterocycles. The molecule has 0 spiro atoms. The molecule has 0 aliphatic heterocycles. The molecule has 5 N–H and O–H groups in total. The van der Waals surface area contributed by atoms with E-state index in [1.807, 2.05) is 0 Å². The molecule has 0 aromatic heterocycles. The van der Waals surface area contributed by atoms with Crippen LogP contribution in [-0.2, 0) is 9.59 Å². The van der Waals surface area contributed by atoms with E-state index in [4.69, 9.17) is 10.9 Å². The number of nitrogens with one attached hydrogen (secondary N) is 2. The van der Waals surface area contributed by atoms with E-state index in [2.05, 4.69) is 5.32 Å². The molecule has 4 fully saturated rings. The van der Waals surface area contributed by atoms with Gasteiger partial charge in [-0.2, -0.15) is 0 Å². The first-order valence-electron chi connectivity index (χ1n) is 8.00. The monoisotopic (exact) mass is 295 g/mol. The predicted octanol–water partition coefficient (Wildman–Crippen LogP) is 0.684. The molecule has 1 atom stereocenters. The van der Waals surface area contributed by atoms with Crippen molar-refractivity contribution in [2.75, 3.05) is 0 Å². The van der Waals surface area contributed by atoms with Crippen LogP contribution in [0.3, 0.4) is 0 Å². The van der Waals surface area contributed by atoms with Crippen LogP contribution in [0.4, 0.5) is 0 Å². The lowest BCUT2D eigenvalue weighted by Crippen LogP contribution is -2.59. The molecular formula is C15H25N3O3. The number of rotatable bonds is 5. The highest BCUT2D eigenvalue weighted by Gasteiger charge is 2.51. The molecule has 118 valence electrons. The van der Waals surface area contributed by atoms with Gasteiger partial charge in [-0.05, 0) is 62.7 Å². The Morgan fingerprint density at radius 1 is 1.14 bits per heavy atom. The fourth-order valence-corrected chi connectivity index (χ4v) is 5.12. The van der Waals surface area contributed by atoms with Crippen molar-refractivity contribution in [3.8, 4) is 0 Å². The summed E-state index contributed by atoms with van der Waals surface area (Å²) in [5, 5.41) is 11.7. The lowest BCUT2D eigenvalue weighted by Gasteiger charge is -2.57. The average molecular weight is 295 g/mol. The van der Waals surface area contributed by atoms with Gasteiger partial charge in [0.05, 0.1) is 6.04 Å². The molecule has 2 amide bonds. The summed E-state index contributed by atoms with van der Waals surface area (Å²) in [6, 6.07) is -0.836. The maximum atomic E-state index is 12.2. The lowest BCUT2D eigenvalue weighted by molar-refractivity contribution is -0.131. The Hall–Kier alpha value is -1.14. The molecule has 0 unspecified atom stereocenters. The molecule has 4 rings (SSSR count). The third-order valence-corrected chi connectivity index (χ3v) is 5.57. The van der Waals surface area contributed by atoms with Gasteiger partial charge in [-0.15, -0.1) is 0 Å². The van der Waals surface area contributed by atoms with Crippen LogP contribution in [0, 0.1) is 17.8 Å². The van der Waals surface area contributed by atoms with E-state index in [9.17, 15) is 9.59 Å². The van der Waals surface area contributed by atoms with E-state index in [1.165, 1.54) is 24.7 Å². The Morgan fingerprint density at radius 3 is 2.14 bits per heavy atom. The molecule has 21 heavy (non-hydrogen) atoms. The van der Waals surface area contributed by atoms with Crippen LogP contribution in [0.5, 0.6) is 0 Å². The van der Waals surface area contributed by atoms with Gasteiger partial charge in [-0.25, -0.2) is 5.48 Å². The summed E-state index contributed by atoms with van der Waals surface area (Å²) in [6.07, 6.45) is 7.88. The molecule has 0 radical (unpaired) electrons. The third-order valence-electron chi connectivity index (χ3n) is 5.57. The first-order chi connectivity index (χ1) is 9.99. The van der Waals surface area contributed by atoms with Gasteiger partial charge in [0.1, 0.15) is 0 Å². The normalized spacial score (nSPS) is 38.1. The standard InChI is InChI=1S/C15H25N3O3/c16-12(14(20)18-21)1-2-13(19)17-15-6-9-3-10(7-15)5-11(4-9)8-15/h9-12,21H,1-8,16H2,(H,17,19)(H,18,20)/t9?,10?,11?,12-,15?/m0/s1. The smallest absolute Gasteiger partial charge is 0.260 e. The minimum atomic E-state index is -0.836. The topological polar surface area (TPSA) is 104 Å². The first kappa shape index (κ1) is 14.8. The molecule has 6 nitrogen and oxygen atoms in total. The number of amides is 2. The minimum Gasteiger partial charge on any atom is -0.351 e. The third kappa shape index (κ3) is 3.06. The quantitative estimate of drug-likeness (QED) is 0.442. The number of hydrogen-bond donors (Lipinski definition) is 4. The summed E-state index contributed by atoms with van der Waals surface area (Å²) >= 11 is 0. The van der Waals surface area contributed by atoms with E-state index in [0.29, 0.717) is 0 Å². The van der Waals surface area contributed by atoms with Crippen molar-refractivity contribution < 1.29 is 14.8 Å². The van der Waals surface area contributed by atoms with Gasteiger partial charge >= 0.3 is 0 Å². The van der Waals surface area contributed by atoms with E-state index in [1.54, 1.807) is 0 Å². The molecule has 4 aliphatic rings. The second-order valence-electron chi connectivity index (χ2n) is 7.37. The van der Waals surface area contributed by atoms with Crippen LogP contribution < -0.4 is 16.5 Å². The molecule has 0 aromatic carbocycles. The Kier molecular flexibility index (Phi) is 3.92. The average Bonchev–Trinajstić information content (AvgIpc) is 2.41. The second-order valence-corrected chi connectivity index (χ2v) is 7.37. The van der Waals surface area contributed by atoms with Gasteiger partial charge in [-0.3, -0.25) is 14.8 Å². The summed E-state index contributed by atoms with van der Waals surface area (Å²) in [7, 11) is 0. The molecule has 4 aliphatic carbocycles. The molecule has 0 saturated heterocycles. The van der Waals surface area contributed by atoms with E-state index >= 15 is 0 Å². The number of hydrogen-bond acceptors (Lipinski definition) is 4. The summed E-state index contributed by atoms with van der Waals surface area (Å²) in [5.74, 6) is 1.72. The van der Waals surface area contributed by atoms with Crippen LogP contribution in [0.2, 0.25) is 0 Å². The maximum absolute atomic E-state index is 12.2. The number of carbonyl (C=O) groups is 2. The summed E-state index contributed by atoms with van der Waals surface area (Å²) < 4.78 is 0. The molecule has 6 heteroatoms. The van der Waals surface area contributed by atoms with Crippen molar-refractivity contribution >= 4 is 11.8 Å². The summed E-state index contributed by atoms with van der Waals surface area (Å²) in [5.41, 5.74) is 7.11. The Balaban J connectivity index is 1.52. The molecule has 4 saturated carbocycles. The highest BCUT2D eigenvalue weighted by Crippen LogP contribution is 2.55. The van der Waals surface area contributed by atoms with Gasteiger partial charge in [0.25, 0.3) is 5.91 Å². The zero-order valence-corrected chi connectivity index (χ0v) is 12.3. The number of carbonyl (C=O) groups excluding carboxylic acids is 2. The van der Waals surface area contributed by atoms with Crippen LogP contribution >= 0.6 is 0 Å². The Morgan fingerprint density at radius 2 is 1.67 bits per heavy atom. The van der Waals surface area contributed by atoms with E-state index < -0.39 is 11.9 Å². The SMILES string of the molecule is N[C@@H](CCC(=O)NC12CC3CC(CC(C3)C1)C2)C(=O)NO. The highest BCUT2D eigenvalue weighted by atomic mass is 16.5. The van der Waals surface area contributed by atoms with Crippen molar-refractivity contribution in [3.63, 3.8) is 0 Å². The van der Waals surface area contributed by atoms with Crippen molar-refractivity contribution in [2.24, 2.45) is 23.5 Å². The fraction of sp³-hybridized carbons (Fsp3) is 0.867. The second kappa shape index (κ2) is 5.57. The van der Waals surface area contributed by atoms with Crippen molar-refractivity contribution in [2.45, 2.75) is 62.9 Å². The maximum Gasteiger partial charge on any atom is 0.260 e. The van der Waals surface area contributed by atoms with Crippen LogP contribution in [0.1, 0.15) is 51.4 Å². The number of nitrogens with two attached hydrogens (primary N) is 1. The zero-order valence-electron chi connectivity index (χ0n) is 12.3. The summed E-state index contributed by atoms with van der Waals surface area (Å²) in [6.45, 7) is 0. The van der Waals surface area contributed by atoms with Gasteiger partial charge in [0.2, 0.25) is 5.91 Å². The number of hydroxylamine groups is 1. The largest absolute Gasteiger partial charge is 0.351 e. The van der Waals surface area contributed by atoms with Crippen LogP contribution in [0.15, 0.2) is 0 Å². The van der Waals surface area contributed by atoms with Crippen molar-refractivity contribution in [3.05, 3.63) is 0 Å². The predicted molar refractivity (Wildman–Crippen MR) is 76.2 cm³/mol. The molecule has 4 bridgehead atoms. The highest BCUT2D eigenvalue weighted by molar-refractivity contribution is 5.82. The van der Waals surface area contributed by atoms with Crippen molar-refractivity contribution in [1.29, 1.82) is 0 Å². The van der Waals surface area contributed by atoms with E-state index in [-0.39, 0.29) is 24.3 Å². The Labute approximate surface area is 124 Å². The minimum absolute atomic E-state index is 0.00909. The summed E-state index contributed by atoms with van der Waals surface area (Å²) in [4.78, 5) is 23.3. The molecule has 0 aromatic rings. The Bertz CT molecular complexity index is 403. The zero-order chi connectivity index (χ0) is 15.0. The van der Waals surface area contributed by atoms with Gasteiger partial charge < -0.3 is 11.1 Å². The van der Waals surface area contributed by atoms with Gasteiger partial charge in [-0.1, -0.05) is 0 Å².